The average molecular weight is 549 g/mol. The summed E-state index contributed by atoms with van der Waals surface area (Å²) >= 11 is 0. The topological polar surface area (TPSA) is 178 Å². The Labute approximate surface area is 217 Å². The van der Waals surface area contributed by atoms with Crippen LogP contribution in [-0.2, 0) is 23.4 Å². The van der Waals surface area contributed by atoms with E-state index in [9.17, 15) is 29.2 Å². The van der Waals surface area contributed by atoms with Crippen molar-refractivity contribution in [1.82, 2.24) is 14.6 Å². The van der Waals surface area contributed by atoms with Crippen molar-refractivity contribution in [3.05, 3.63) is 63.4 Å². The fraction of sp³-hybridized carbons (Fsp3) is 0.458. The number of hydrogen-bond acceptors (Lipinski definition) is 10. The van der Waals surface area contributed by atoms with E-state index in [1.54, 1.807) is 32.0 Å². The highest BCUT2D eigenvalue weighted by Crippen LogP contribution is 2.64. The highest BCUT2D eigenvalue weighted by Gasteiger charge is 2.85. The molecule has 204 valence electrons. The molecule has 0 spiro atoms. The third-order valence-electron chi connectivity index (χ3n) is 5.97. The molecule has 38 heavy (non-hydrogen) atoms. The second-order valence-electron chi connectivity index (χ2n) is 9.16. The van der Waals surface area contributed by atoms with Crippen molar-refractivity contribution in [2.75, 3.05) is 0 Å². The smallest absolute Gasteiger partial charge is 0.459 e. The van der Waals surface area contributed by atoms with Gasteiger partial charge in [0.05, 0.1) is 6.10 Å². The van der Waals surface area contributed by atoms with Crippen molar-refractivity contribution in [1.29, 1.82) is 0 Å². The molecule has 0 bridgehead atoms. The van der Waals surface area contributed by atoms with Gasteiger partial charge in [0.15, 0.2) is 11.8 Å². The Balaban J connectivity index is 1.64. The van der Waals surface area contributed by atoms with Crippen molar-refractivity contribution < 1.29 is 38.1 Å². The lowest BCUT2D eigenvalue weighted by molar-refractivity contribution is -0.149. The molecule has 1 aliphatic carbocycles. The molecule has 2 aliphatic rings. The summed E-state index contributed by atoms with van der Waals surface area (Å²) in [7, 11) is -4.43. The predicted octanol–water partition coefficient (Wildman–Crippen LogP) is 0.435. The molecule has 13 nitrogen and oxygen atoms in total. The maximum absolute atomic E-state index is 13.9. The molecule has 2 unspecified atom stereocenters. The van der Waals surface area contributed by atoms with Crippen LogP contribution in [0, 0.1) is 11.8 Å². The molecular weight excluding hydrogens is 521 g/mol. The zero-order chi connectivity index (χ0) is 27.9. The largest absolute Gasteiger partial charge is 0.462 e. The van der Waals surface area contributed by atoms with Gasteiger partial charge in [-0.3, -0.25) is 23.7 Å². The molecule has 14 heteroatoms. The number of aromatic nitrogens is 2. The van der Waals surface area contributed by atoms with E-state index in [0.717, 1.165) is 16.8 Å². The summed E-state index contributed by atoms with van der Waals surface area (Å²) in [5.74, 6) is 4.36. The van der Waals surface area contributed by atoms with Crippen LogP contribution in [-0.4, -0.2) is 61.3 Å². The number of ether oxygens (including phenoxy) is 2. The number of esters is 1. The van der Waals surface area contributed by atoms with Gasteiger partial charge in [0.25, 0.3) is 5.56 Å². The fourth-order valence-corrected chi connectivity index (χ4v) is 5.90. The fourth-order valence-electron chi connectivity index (χ4n) is 4.20. The Bertz CT molecular complexity index is 1430. The maximum Gasteiger partial charge on any atom is 0.459 e. The summed E-state index contributed by atoms with van der Waals surface area (Å²) in [5, 5.41) is 25.4. The SMILES string of the molecule is CC#C[C@]1(O)[C@H](n2ccc(=O)[nH]c2=O)O[C@@H]2C(OP(=O)(N[C@@H](C)C(=O)OC(C)C)Oc3ccccc3)[C@@]21O. The molecule has 7 atom stereocenters. The summed E-state index contributed by atoms with van der Waals surface area (Å²) in [6.07, 6.45) is -3.63. The lowest BCUT2D eigenvalue weighted by Gasteiger charge is -2.33. The zero-order valence-corrected chi connectivity index (χ0v) is 21.9. The quantitative estimate of drug-likeness (QED) is 0.194. The molecule has 0 amide bonds. The van der Waals surface area contributed by atoms with Gasteiger partial charge >= 0.3 is 19.4 Å². The Hall–Kier alpha value is -3.24. The molecule has 1 aromatic carbocycles. The highest BCUT2D eigenvalue weighted by atomic mass is 31.2. The van der Waals surface area contributed by atoms with Gasteiger partial charge < -0.3 is 24.2 Å². The highest BCUT2D eigenvalue weighted by molar-refractivity contribution is 7.52. The lowest BCUT2D eigenvalue weighted by Crippen LogP contribution is -2.52. The summed E-state index contributed by atoms with van der Waals surface area (Å²) in [6, 6.07) is 7.86. The van der Waals surface area contributed by atoms with Crippen molar-refractivity contribution >= 4 is 13.7 Å². The van der Waals surface area contributed by atoms with Crippen LogP contribution in [0.2, 0.25) is 0 Å². The van der Waals surface area contributed by atoms with E-state index in [2.05, 4.69) is 16.9 Å². The first-order chi connectivity index (χ1) is 17.8. The summed E-state index contributed by atoms with van der Waals surface area (Å²) < 4.78 is 36.9. The minimum Gasteiger partial charge on any atom is -0.462 e. The Morgan fingerprint density at radius 2 is 1.89 bits per heavy atom. The second kappa shape index (κ2) is 10.1. The van der Waals surface area contributed by atoms with Crippen molar-refractivity contribution in [3.8, 4) is 17.6 Å². The zero-order valence-electron chi connectivity index (χ0n) is 21.0. The number of rotatable bonds is 9. The second-order valence-corrected chi connectivity index (χ2v) is 10.8. The minimum atomic E-state index is -4.43. The standard InChI is InChI=1S/C24H28N3O10P/c1-5-12-23(31)21(27-13-11-17(28)25-22(27)30)35-18-19(24(18,23)32)37-38(33,36-16-9-7-6-8-10-16)26-15(4)20(29)34-14(2)3/h6-11,13-15,18-19,21,31-32H,1-4H3,(H,26,33)(H,25,28,30)/t15-,18+,19?,21+,23-,24-,38?/m0/s1. The number of nitrogens with zero attached hydrogens (tertiary/aromatic N) is 1. The van der Waals surface area contributed by atoms with E-state index in [-0.39, 0.29) is 5.75 Å². The Morgan fingerprint density at radius 3 is 2.50 bits per heavy atom. The van der Waals surface area contributed by atoms with Gasteiger partial charge in [-0.15, -0.1) is 5.92 Å². The van der Waals surface area contributed by atoms with Gasteiger partial charge in [-0.2, -0.15) is 5.09 Å². The van der Waals surface area contributed by atoms with E-state index >= 15 is 0 Å². The van der Waals surface area contributed by atoms with Crippen LogP contribution in [0.1, 0.15) is 33.9 Å². The van der Waals surface area contributed by atoms with Gasteiger partial charge in [-0.1, -0.05) is 24.1 Å². The Kier molecular flexibility index (Phi) is 7.42. The summed E-state index contributed by atoms with van der Waals surface area (Å²) in [6.45, 7) is 6.09. The number of nitrogens with one attached hydrogen (secondary N) is 2. The van der Waals surface area contributed by atoms with E-state index < -0.39 is 66.7 Å². The van der Waals surface area contributed by atoms with E-state index in [1.165, 1.54) is 26.0 Å². The third-order valence-corrected chi connectivity index (χ3v) is 7.63. The number of aliphatic hydroxyl groups is 2. The van der Waals surface area contributed by atoms with E-state index in [1.807, 2.05) is 4.98 Å². The number of benzene rings is 1. The molecule has 4 rings (SSSR count). The van der Waals surface area contributed by atoms with Crippen LogP contribution in [0.15, 0.2) is 52.2 Å². The molecule has 0 radical (unpaired) electrons. The molecule has 4 N–H and O–H groups in total. The van der Waals surface area contributed by atoms with Crippen molar-refractivity contribution in [2.24, 2.45) is 0 Å². The van der Waals surface area contributed by atoms with Crippen molar-refractivity contribution in [2.45, 2.75) is 69.5 Å². The molecule has 2 heterocycles. The molecule has 1 aromatic heterocycles. The summed E-state index contributed by atoms with van der Waals surface area (Å²) in [5.41, 5.74) is -6.25. The number of H-pyrrole nitrogens is 1. The first-order valence-corrected chi connectivity index (χ1v) is 13.3. The van der Waals surface area contributed by atoms with Gasteiger partial charge in [0.1, 0.15) is 24.0 Å². The van der Waals surface area contributed by atoms with Gasteiger partial charge in [0.2, 0.25) is 5.60 Å². The minimum absolute atomic E-state index is 0.132. The monoisotopic (exact) mass is 549 g/mol. The number of fused-ring (bicyclic) bond motifs is 1. The van der Waals surface area contributed by atoms with Crippen molar-refractivity contribution in [3.63, 3.8) is 0 Å². The average Bonchev–Trinajstić information content (AvgIpc) is 3.31. The number of carbonyl (C=O) groups excluding carboxylic acids is 1. The number of para-hydroxylation sites is 1. The molecule has 1 saturated carbocycles. The lowest BCUT2D eigenvalue weighted by atomic mass is 9.93. The molecule has 1 saturated heterocycles. The number of carbonyl (C=O) groups is 1. The molecular formula is C24H28N3O10P. The first-order valence-electron chi connectivity index (χ1n) is 11.7. The van der Waals surface area contributed by atoms with Crippen LogP contribution >= 0.6 is 7.75 Å². The van der Waals surface area contributed by atoms with Gasteiger partial charge in [-0.25, -0.2) is 9.36 Å². The van der Waals surface area contributed by atoms with Crippen LogP contribution in [0.5, 0.6) is 5.75 Å². The van der Waals surface area contributed by atoms with Crippen LogP contribution < -0.4 is 20.9 Å². The number of hydrogen-bond donors (Lipinski definition) is 4. The van der Waals surface area contributed by atoms with Crippen LogP contribution in [0.3, 0.4) is 0 Å². The Morgan fingerprint density at radius 1 is 1.21 bits per heavy atom. The molecule has 2 fully saturated rings. The molecule has 1 aliphatic heterocycles. The van der Waals surface area contributed by atoms with E-state index in [0.29, 0.717) is 0 Å². The summed E-state index contributed by atoms with van der Waals surface area (Å²) in [4.78, 5) is 38.3. The third kappa shape index (κ3) is 4.94. The molecule has 2 aromatic rings. The number of aromatic amines is 1. The maximum atomic E-state index is 13.9. The van der Waals surface area contributed by atoms with Gasteiger partial charge in [-0.05, 0) is 39.8 Å². The van der Waals surface area contributed by atoms with Crippen LogP contribution in [0.4, 0.5) is 0 Å². The van der Waals surface area contributed by atoms with E-state index in [4.69, 9.17) is 18.5 Å². The predicted molar refractivity (Wildman–Crippen MR) is 132 cm³/mol. The first kappa shape index (κ1) is 27.8. The van der Waals surface area contributed by atoms with Gasteiger partial charge in [0, 0.05) is 12.3 Å². The normalized spacial score (nSPS) is 29.9. The van der Waals surface area contributed by atoms with Crippen LogP contribution in [0.25, 0.3) is 0 Å².